The van der Waals surface area contributed by atoms with Crippen molar-refractivity contribution in [1.82, 2.24) is 14.9 Å². The molecule has 2 rings (SSSR count). The fourth-order valence-corrected chi connectivity index (χ4v) is 2.00. The van der Waals surface area contributed by atoms with Gasteiger partial charge in [0, 0.05) is 6.54 Å². The number of carbonyl (C=O) groups excluding carboxylic acids is 1. The molecule has 6 heteroatoms. The number of aromatic nitrogens is 2. The van der Waals surface area contributed by atoms with Gasteiger partial charge in [-0.2, -0.15) is 0 Å². The van der Waals surface area contributed by atoms with Crippen molar-refractivity contribution in [2.75, 3.05) is 26.2 Å². The second kappa shape index (κ2) is 6.30. The third-order valence-electron chi connectivity index (χ3n) is 2.97. The van der Waals surface area contributed by atoms with Gasteiger partial charge in [-0.3, -0.25) is 14.7 Å². The van der Waals surface area contributed by atoms with Gasteiger partial charge in [-0.05, 0) is 25.9 Å². The van der Waals surface area contributed by atoms with Crippen molar-refractivity contribution in [3.63, 3.8) is 0 Å². The van der Waals surface area contributed by atoms with E-state index in [1.165, 1.54) is 31.7 Å². The maximum Gasteiger partial charge on any atom is 0.269 e. The van der Waals surface area contributed by atoms with E-state index in [-0.39, 0.29) is 5.69 Å². The molecule has 1 aliphatic heterocycles. The van der Waals surface area contributed by atoms with Gasteiger partial charge < -0.3 is 10.5 Å². The Morgan fingerprint density at radius 1 is 1.33 bits per heavy atom. The quantitative estimate of drug-likeness (QED) is 0.820. The van der Waals surface area contributed by atoms with Crippen LogP contribution in [-0.2, 0) is 0 Å². The van der Waals surface area contributed by atoms with Crippen LogP contribution in [0, 0.1) is 0 Å². The average Bonchev–Trinajstić information content (AvgIpc) is 2.40. The Hall–Kier alpha value is -1.69. The topological polar surface area (TPSA) is 81.3 Å². The summed E-state index contributed by atoms with van der Waals surface area (Å²) in [5, 5.41) is 0. The highest BCUT2D eigenvalue weighted by Crippen LogP contribution is 2.09. The lowest BCUT2D eigenvalue weighted by Crippen LogP contribution is -2.33. The lowest BCUT2D eigenvalue weighted by molar-refractivity contribution is 0.0993. The van der Waals surface area contributed by atoms with Gasteiger partial charge in [-0.25, -0.2) is 4.98 Å². The number of carbonyl (C=O) groups is 1. The van der Waals surface area contributed by atoms with Crippen molar-refractivity contribution in [3.8, 4) is 5.88 Å². The third-order valence-corrected chi connectivity index (χ3v) is 2.97. The van der Waals surface area contributed by atoms with Crippen LogP contribution in [0.2, 0.25) is 0 Å². The molecule has 18 heavy (non-hydrogen) atoms. The molecule has 1 amide bonds. The lowest BCUT2D eigenvalue weighted by atomic mass is 10.1. The van der Waals surface area contributed by atoms with Crippen molar-refractivity contribution in [2.24, 2.45) is 5.73 Å². The molecule has 2 N–H and O–H groups in total. The molecule has 0 spiro atoms. The van der Waals surface area contributed by atoms with Crippen molar-refractivity contribution < 1.29 is 9.53 Å². The zero-order chi connectivity index (χ0) is 12.8. The van der Waals surface area contributed by atoms with E-state index in [9.17, 15) is 4.79 Å². The maximum absolute atomic E-state index is 10.9. The summed E-state index contributed by atoms with van der Waals surface area (Å²) < 4.78 is 5.48. The number of likely N-dealkylation sites (tertiary alicyclic amines) is 1. The third kappa shape index (κ3) is 3.66. The maximum atomic E-state index is 10.9. The number of nitrogens with two attached hydrogens (primary N) is 1. The highest BCUT2D eigenvalue weighted by molar-refractivity contribution is 5.90. The minimum atomic E-state index is -0.594. The van der Waals surface area contributed by atoms with E-state index in [1.807, 2.05) is 0 Å². The molecule has 2 heterocycles. The number of piperidine rings is 1. The molecular weight excluding hydrogens is 232 g/mol. The van der Waals surface area contributed by atoms with Crippen molar-refractivity contribution in [3.05, 3.63) is 18.1 Å². The van der Waals surface area contributed by atoms with E-state index < -0.39 is 5.91 Å². The minimum absolute atomic E-state index is 0.130. The Morgan fingerprint density at radius 2 is 2.11 bits per heavy atom. The molecule has 1 fully saturated rings. The molecule has 98 valence electrons. The van der Waals surface area contributed by atoms with Crippen molar-refractivity contribution in [2.45, 2.75) is 19.3 Å². The van der Waals surface area contributed by atoms with Crippen LogP contribution in [0.4, 0.5) is 0 Å². The summed E-state index contributed by atoms with van der Waals surface area (Å²) in [5.41, 5.74) is 5.25. The minimum Gasteiger partial charge on any atom is -0.475 e. The molecule has 1 aromatic heterocycles. The van der Waals surface area contributed by atoms with Crippen molar-refractivity contribution in [1.29, 1.82) is 0 Å². The second-order valence-electron chi connectivity index (χ2n) is 4.36. The van der Waals surface area contributed by atoms with E-state index in [4.69, 9.17) is 10.5 Å². The molecule has 0 saturated carbocycles. The number of ether oxygens (including phenoxy) is 1. The van der Waals surface area contributed by atoms with Gasteiger partial charge in [0.2, 0.25) is 5.88 Å². The first-order valence-electron chi connectivity index (χ1n) is 6.23. The molecule has 0 aromatic carbocycles. The van der Waals surface area contributed by atoms with E-state index in [2.05, 4.69) is 14.9 Å². The van der Waals surface area contributed by atoms with Crippen LogP contribution in [0.1, 0.15) is 29.8 Å². The standard InChI is InChI=1S/C12H18N4O2/c13-12(17)10-8-14-9-11(15-10)18-7-6-16-4-2-1-3-5-16/h8-9H,1-7H2,(H2,13,17). The summed E-state index contributed by atoms with van der Waals surface area (Å²) in [5.74, 6) is -0.243. The smallest absolute Gasteiger partial charge is 0.269 e. The van der Waals surface area contributed by atoms with E-state index in [1.54, 1.807) is 0 Å². The fraction of sp³-hybridized carbons (Fsp3) is 0.583. The van der Waals surface area contributed by atoms with Crippen LogP contribution in [0.3, 0.4) is 0 Å². The van der Waals surface area contributed by atoms with E-state index >= 15 is 0 Å². The first-order chi connectivity index (χ1) is 8.75. The van der Waals surface area contributed by atoms with Crippen LogP contribution in [0.5, 0.6) is 5.88 Å². The number of hydrogen-bond donors (Lipinski definition) is 1. The Labute approximate surface area is 106 Å². The zero-order valence-electron chi connectivity index (χ0n) is 10.3. The highest BCUT2D eigenvalue weighted by atomic mass is 16.5. The van der Waals surface area contributed by atoms with Crippen LogP contribution in [0.25, 0.3) is 0 Å². The molecular formula is C12H18N4O2. The second-order valence-corrected chi connectivity index (χ2v) is 4.36. The van der Waals surface area contributed by atoms with Gasteiger partial charge >= 0.3 is 0 Å². The molecule has 0 unspecified atom stereocenters. The number of nitrogens with zero attached hydrogens (tertiary/aromatic N) is 3. The normalized spacial score (nSPS) is 16.4. The first-order valence-corrected chi connectivity index (χ1v) is 6.23. The number of rotatable bonds is 5. The van der Waals surface area contributed by atoms with Gasteiger partial charge in [-0.15, -0.1) is 0 Å². The van der Waals surface area contributed by atoms with E-state index in [0.717, 1.165) is 19.6 Å². The van der Waals surface area contributed by atoms with E-state index in [0.29, 0.717) is 12.5 Å². The molecule has 1 aromatic rings. The molecule has 0 atom stereocenters. The molecule has 0 bridgehead atoms. The SMILES string of the molecule is NC(=O)c1cncc(OCCN2CCCCC2)n1. The largest absolute Gasteiger partial charge is 0.475 e. The zero-order valence-corrected chi connectivity index (χ0v) is 10.3. The first kappa shape index (κ1) is 12.8. The number of amides is 1. The summed E-state index contributed by atoms with van der Waals surface area (Å²) in [4.78, 5) is 21.1. The van der Waals surface area contributed by atoms with Gasteiger partial charge in [0.1, 0.15) is 12.3 Å². The lowest BCUT2D eigenvalue weighted by Gasteiger charge is -2.25. The van der Waals surface area contributed by atoms with Gasteiger partial charge in [0.05, 0.1) is 12.4 Å². The van der Waals surface area contributed by atoms with Crippen LogP contribution in [0.15, 0.2) is 12.4 Å². The highest BCUT2D eigenvalue weighted by Gasteiger charge is 2.10. The average molecular weight is 250 g/mol. The molecule has 6 nitrogen and oxygen atoms in total. The Balaban J connectivity index is 1.78. The van der Waals surface area contributed by atoms with Gasteiger partial charge in [0.15, 0.2) is 0 Å². The monoisotopic (exact) mass is 250 g/mol. The molecule has 0 aliphatic carbocycles. The predicted octanol–water partition coefficient (Wildman–Crippen LogP) is 0.440. The van der Waals surface area contributed by atoms with Crippen LogP contribution < -0.4 is 10.5 Å². The summed E-state index contributed by atoms with van der Waals surface area (Å²) >= 11 is 0. The van der Waals surface area contributed by atoms with Crippen molar-refractivity contribution >= 4 is 5.91 Å². The Kier molecular flexibility index (Phi) is 4.46. The summed E-state index contributed by atoms with van der Waals surface area (Å²) in [6.07, 6.45) is 6.67. The number of hydrogen-bond acceptors (Lipinski definition) is 5. The molecule has 0 radical (unpaired) electrons. The van der Waals surface area contributed by atoms with Gasteiger partial charge in [0.25, 0.3) is 5.91 Å². The fourth-order valence-electron chi connectivity index (χ4n) is 2.00. The molecule has 1 saturated heterocycles. The predicted molar refractivity (Wildman–Crippen MR) is 66.3 cm³/mol. The molecule has 1 aliphatic rings. The Morgan fingerprint density at radius 3 is 2.83 bits per heavy atom. The summed E-state index contributed by atoms with van der Waals surface area (Å²) in [6, 6.07) is 0. The van der Waals surface area contributed by atoms with Crippen LogP contribution in [-0.4, -0.2) is 47.0 Å². The Bertz CT molecular complexity index is 405. The van der Waals surface area contributed by atoms with Gasteiger partial charge in [-0.1, -0.05) is 6.42 Å². The number of primary amides is 1. The summed E-state index contributed by atoms with van der Waals surface area (Å²) in [6.45, 7) is 3.70. The summed E-state index contributed by atoms with van der Waals surface area (Å²) in [7, 11) is 0. The van der Waals surface area contributed by atoms with Crippen LogP contribution >= 0.6 is 0 Å².